The summed E-state index contributed by atoms with van der Waals surface area (Å²) in [5, 5.41) is 5.52. The van der Waals surface area contributed by atoms with E-state index in [0.29, 0.717) is 5.69 Å². The molecule has 4 rings (SSSR count). The molecule has 6 nitrogen and oxygen atoms in total. The average molecular weight is 379 g/mol. The molecule has 0 saturated carbocycles. The number of rotatable bonds is 4. The van der Waals surface area contributed by atoms with Crippen molar-refractivity contribution in [2.75, 3.05) is 43.4 Å². The predicted molar refractivity (Wildman–Crippen MR) is 109 cm³/mol. The number of nitrogens with zero attached hydrogens (tertiary/aromatic N) is 4. The fourth-order valence-corrected chi connectivity index (χ4v) is 3.83. The number of hydrogen-bond donors (Lipinski definition) is 1. The number of aromatic nitrogens is 2. The van der Waals surface area contributed by atoms with E-state index in [1.807, 2.05) is 24.3 Å². The Morgan fingerprint density at radius 2 is 1.74 bits per heavy atom. The van der Waals surface area contributed by atoms with Gasteiger partial charge in [-0.1, -0.05) is 0 Å². The van der Waals surface area contributed by atoms with Crippen LogP contribution in [0.25, 0.3) is 10.6 Å². The maximum Gasteiger partial charge on any atom is 0.275 e. The molecule has 2 aromatic heterocycles. The number of pyridine rings is 1. The third kappa shape index (κ3) is 4.15. The van der Waals surface area contributed by atoms with Crippen molar-refractivity contribution < 1.29 is 4.79 Å². The highest BCUT2D eigenvalue weighted by atomic mass is 32.1. The molecule has 1 saturated heterocycles. The van der Waals surface area contributed by atoms with Crippen LogP contribution in [0.3, 0.4) is 0 Å². The van der Waals surface area contributed by atoms with E-state index in [1.54, 1.807) is 17.8 Å². The van der Waals surface area contributed by atoms with Gasteiger partial charge in [-0.2, -0.15) is 0 Å². The molecule has 1 aliphatic heterocycles. The van der Waals surface area contributed by atoms with Crippen LogP contribution in [0.5, 0.6) is 0 Å². The molecule has 0 spiro atoms. The summed E-state index contributed by atoms with van der Waals surface area (Å²) in [6.07, 6.45) is 3.44. The lowest BCUT2D eigenvalue weighted by Gasteiger charge is -2.34. The first-order chi connectivity index (χ1) is 13.2. The molecule has 0 bridgehead atoms. The number of anilines is 2. The Labute approximate surface area is 162 Å². The quantitative estimate of drug-likeness (QED) is 0.754. The largest absolute Gasteiger partial charge is 0.369 e. The van der Waals surface area contributed by atoms with Crippen LogP contribution in [-0.2, 0) is 0 Å². The van der Waals surface area contributed by atoms with Crippen molar-refractivity contribution in [2.24, 2.45) is 0 Å². The summed E-state index contributed by atoms with van der Waals surface area (Å²) < 4.78 is 0. The number of carbonyl (C=O) groups is 1. The van der Waals surface area contributed by atoms with Gasteiger partial charge in [-0.05, 0) is 43.4 Å². The van der Waals surface area contributed by atoms with E-state index < -0.39 is 0 Å². The molecular weight excluding hydrogens is 358 g/mol. The van der Waals surface area contributed by atoms with Gasteiger partial charge in [-0.15, -0.1) is 11.3 Å². The highest BCUT2D eigenvalue weighted by Crippen LogP contribution is 2.24. The molecule has 0 atom stereocenters. The summed E-state index contributed by atoms with van der Waals surface area (Å²) in [5.74, 6) is -0.195. The summed E-state index contributed by atoms with van der Waals surface area (Å²) >= 11 is 1.45. The molecule has 1 fully saturated rings. The second-order valence-electron chi connectivity index (χ2n) is 6.57. The lowest BCUT2D eigenvalue weighted by Crippen LogP contribution is -2.44. The molecule has 3 heterocycles. The minimum atomic E-state index is -0.195. The number of piperazine rings is 1. The minimum absolute atomic E-state index is 0.195. The first kappa shape index (κ1) is 17.6. The lowest BCUT2D eigenvalue weighted by atomic mass is 10.2. The fraction of sp³-hybridized carbons (Fsp3) is 0.250. The highest BCUT2D eigenvalue weighted by Gasteiger charge is 2.15. The molecule has 0 unspecified atom stereocenters. The van der Waals surface area contributed by atoms with Crippen molar-refractivity contribution in [2.45, 2.75) is 0 Å². The van der Waals surface area contributed by atoms with Gasteiger partial charge in [-0.3, -0.25) is 9.78 Å². The van der Waals surface area contributed by atoms with Gasteiger partial charge in [0.1, 0.15) is 10.7 Å². The smallest absolute Gasteiger partial charge is 0.275 e. The fourth-order valence-electron chi connectivity index (χ4n) is 3.02. The van der Waals surface area contributed by atoms with Crippen LogP contribution in [-0.4, -0.2) is 54.0 Å². The minimum Gasteiger partial charge on any atom is -0.369 e. The monoisotopic (exact) mass is 379 g/mol. The third-order valence-electron chi connectivity index (χ3n) is 4.66. The van der Waals surface area contributed by atoms with E-state index in [9.17, 15) is 4.79 Å². The Balaban J connectivity index is 1.40. The van der Waals surface area contributed by atoms with E-state index in [2.05, 4.69) is 44.3 Å². The summed E-state index contributed by atoms with van der Waals surface area (Å²) in [6, 6.07) is 11.8. The van der Waals surface area contributed by atoms with E-state index in [1.165, 1.54) is 17.0 Å². The van der Waals surface area contributed by atoms with Crippen molar-refractivity contribution in [3.8, 4) is 10.6 Å². The number of carbonyl (C=O) groups excluding carboxylic acids is 1. The van der Waals surface area contributed by atoms with Crippen LogP contribution in [0.1, 0.15) is 10.5 Å². The van der Waals surface area contributed by atoms with Crippen LogP contribution in [0, 0.1) is 0 Å². The van der Waals surface area contributed by atoms with E-state index in [4.69, 9.17) is 0 Å². The van der Waals surface area contributed by atoms with Crippen molar-refractivity contribution in [1.29, 1.82) is 0 Å². The number of nitrogens with one attached hydrogen (secondary N) is 1. The van der Waals surface area contributed by atoms with Crippen molar-refractivity contribution >= 4 is 28.6 Å². The maximum absolute atomic E-state index is 12.5. The Morgan fingerprint density at radius 1 is 1.04 bits per heavy atom. The Morgan fingerprint density at radius 3 is 2.44 bits per heavy atom. The van der Waals surface area contributed by atoms with Crippen molar-refractivity contribution in [3.05, 3.63) is 59.9 Å². The summed E-state index contributed by atoms with van der Waals surface area (Å²) in [4.78, 5) is 25.6. The zero-order valence-electron chi connectivity index (χ0n) is 15.1. The molecule has 1 N–H and O–H groups in total. The molecule has 1 amide bonds. The molecule has 1 aromatic carbocycles. The van der Waals surface area contributed by atoms with Gasteiger partial charge in [0.05, 0.1) is 0 Å². The van der Waals surface area contributed by atoms with Gasteiger partial charge in [0, 0.05) is 60.9 Å². The van der Waals surface area contributed by atoms with Crippen LogP contribution in [0.15, 0.2) is 54.2 Å². The zero-order valence-corrected chi connectivity index (χ0v) is 15.9. The molecule has 0 radical (unpaired) electrons. The highest BCUT2D eigenvalue weighted by molar-refractivity contribution is 7.13. The number of hydrogen-bond acceptors (Lipinski definition) is 6. The Kier molecular flexibility index (Phi) is 5.13. The second-order valence-corrected chi connectivity index (χ2v) is 7.42. The molecule has 27 heavy (non-hydrogen) atoms. The van der Waals surface area contributed by atoms with Crippen molar-refractivity contribution in [1.82, 2.24) is 14.9 Å². The maximum atomic E-state index is 12.5. The number of amides is 1. The first-order valence-electron chi connectivity index (χ1n) is 8.90. The van der Waals surface area contributed by atoms with Gasteiger partial charge < -0.3 is 15.1 Å². The predicted octanol–water partition coefficient (Wildman–Crippen LogP) is 3.21. The summed E-state index contributed by atoms with van der Waals surface area (Å²) in [5.41, 5.74) is 3.35. The van der Waals surface area contributed by atoms with Gasteiger partial charge in [0.2, 0.25) is 0 Å². The number of thiazole rings is 1. The normalized spacial score (nSPS) is 14.9. The molecule has 0 aliphatic carbocycles. The summed E-state index contributed by atoms with van der Waals surface area (Å²) in [7, 11) is 2.15. The van der Waals surface area contributed by atoms with Crippen LogP contribution >= 0.6 is 11.3 Å². The van der Waals surface area contributed by atoms with Gasteiger partial charge in [0.25, 0.3) is 5.91 Å². The van der Waals surface area contributed by atoms with Gasteiger partial charge >= 0.3 is 0 Å². The van der Waals surface area contributed by atoms with E-state index >= 15 is 0 Å². The van der Waals surface area contributed by atoms with Gasteiger partial charge in [-0.25, -0.2) is 4.98 Å². The van der Waals surface area contributed by atoms with E-state index in [0.717, 1.165) is 42.4 Å². The molecular formula is C20H21N5OS. The Hall–Kier alpha value is -2.77. The number of benzene rings is 1. The second kappa shape index (κ2) is 7.85. The summed E-state index contributed by atoms with van der Waals surface area (Å²) in [6.45, 7) is 4.20. The Bertz CT molecular complexity index is 902. The first-order valence-corrected chi connectivity index (χ1v) is 9.78. The topological polar surface area (TPSA) is 61.4 Å². The van der Waals surface area contributed by atoms with Crippen LogP contribution in [0.4, 0.5) is 11.4 Å². The van der Waals surface area contributed by atoms with Gasteiger partial charge in [0.15, 0.2) is 0 Å². The molecule has 3 aromatic rings. The number of likely N-dealkylation sites (N-methyl/N-ethyl adjacent to an activating group) is 1. The van der Waals surface area contributed by atoms with Crippen LogP contribution < -0.4 is 10.2 Å². The third-order valence-corrected chi connectivity index (χ3v) is 5.55. The average Bonchev–Trinajstić information content (AvgIpc) is 3.20. The standard InChI is InChI=1S/C20H21N5OS/c1-24-10-12-25(13-11-24)17-4-2-16(3-5-17)22-19(26)18-14-27-20(23-18)15-6-8-21-9-7-15/h2-9,14H,10-13H2,1H3,(H,22,26). The van der Waals surface area contributed by atoms with Crippen molar-refractivity contribution in [3.63, 3.8) is 0 Å². The SMILES string of the molecule is CN1CCN(c2ccc(NC(=O)c3csc(-c4ccncc4)n3)cc2)CC1. The molecule has 7 heteroatoms. The lowest BCUT2D eigenvalue weighted by molar-refractivity contribution is 0.102. The van der Waals surface area contributed by atoms with Crippen LogP contribution in [0.2, 0.25) is 0 Å². The molecule has 138 valence electrons. The molecule has 1 aliphatic rings. The van der Waals surface area contributed by atoms with E-state index in [-0.39, 0.29) is 5.91 Å². The zero-order chi connectivity index (χ0) is 18.6.